The Hall–Kier alpha value is -4.20. The van der Waals surface area contributed by atoms with Crippen LogP contribution in [0.1, 0.15) is 18.4 Å². The largest absolute Gasteiger partial charge is 0.391 e. The summed E-state index contributed by atoms with van der Waals surface area (Å²) in [5.74, 6) is 1.14. The van der Waals surface area contributed by atoms with Crippen molar-refractivity contribution in [2.24, 2.45) is 7.05 Å². The van der Waals surface area contributed by atoms with Gasteiger partial charge in [0.25, 0.3) is 0 Å². The number of aromatic nitrogens is 6. The zero-order valence-corrected chi connectivity index (χ0v) is 18.7. The topological polar surface area (TPSA) is 133 Å². The molecule has 1 fully saturated rings. The minimum atomic E-state index is -0.348. The number of tetrazole rings is 1. The second-order valence-electron chi connectivity index (χ2n) is 8.29. The predicted octanol–water partition coefficient (Wildman–Crippen LogP) is 1.69. The number of nitriles is 1. The summed E-state index contributed by atoms with van der Waals surface area (Å²) < 4.78 is 0. The number of hydrogen-bond acceptors (Lipinski definition) is 8. The fourth-order valence-electron chi connectivity index (χ4n) is 4.08. The van der Waals surface area contributed by atoms with E-state index in [1.54, 1.807) is 13.2 Å². The van der Waals surface area contributed by atoms with E-state index in [0.29, 0.717) is 23.9 Å². The van der Waals surface area contributed by atoms with Crippen molar-refractivity contribution in [2.45, 2.75) is 18.9 Å². The molecule has 0 spiro atoms. The number of anilines is 1. The number of β-amino-alcohol motifs (C(OH)–C–C–N with tert-alkyl or cyclic N) is 1. The van der Waals surface area contributed by atoms with E-state index in [-0.39, 0.29) is 6.10 Å². The first-order valence-corrected chi connectivity index (χ1v) is 11.1. The van der Waals surface area contributed by atoms with Gasteiger partial charge in [-0.3, -0.25) is 0 Å². The molecule has 0 radical (unpaired) electrons. The third-order valence-electron chi connectivity index (χ3n) is 5.75. The molecule has 5 rings (SSSR count). The number of benzene rings is 2. The van der Waals surface area contributed by atoms with Gasteiger partial charge >= 0.3 is 5.95 Å². The van der Waals surface area contributed by atoms with Crippen LogP contribution < -0.4 is 10.2 Å². The fourth-order valence-corrected chi connectivity index (χ4v) is 4.08. The highest BCUT2D eigenvalue weighted by molar-refractivity contribution is 5.69. The predicted molar refractivity (Wildman–Crippen MR) is 125 cm³/mol. The second-order valence-corrected chi connectivity index (χ2v) is 8.29. The Balaban J connectivity index is 1.38. The van der Waals surface area contributed by atoms with E-state index in [9.17, 15) is 10.4 Å². The first-order chi connectivity index (χ1) is 16.6. The second kappa shape index (κ2) is 9.35. The molecule has 0 amide bonds. The highest BCUT2D eigenvalue weighted by Gasteiger charge is 2.19. The standard InChI is InChI=1S/C24H23N9O/c1-32-30-23(29-31-32)17-4-6-19(7-5-17)27-24-26-9-8-22(28-24)18-11-16(14-25)12-20(13-18)33-10-2-3-21(34)15-33/h4-9,11-13,21,34H,2-3,10,15H2,1H3,(H,26,27,28)/p+1. The van der Waals surface area contributed by atoms with Crippen LogP contribution in [-0.2, 0) is 7.05 Å². The maximum atomic E-state index is 10.1. The number of piperidine rings is 1. The van der Waals surface area contributed by atoms with Crippen molar-refractivity contribution in [2.75, 3.05) is 18.0 Å². The van der Waals surface area contributed by atoms with Crippen molar-refractivity contribution >= 4 is 17.3 Å². The lowest BCUT2D eigenvalue weighted by Gasteiger charge is -2.32. The Kier molecular flexibility index (Phi) is 5.95. The van der Waals surface area contributed by atoms with Gasteiger partial charge in [0.1, 0.15) is 5.69 Å². The Morgan fingerprint density at radius 2 is 1.97 bits per heavy atom. The fraction of sp³-hybridized carbons (Fsp3) is 0.250. The number of aliphatic hydroxyl groups excluding tert-OH is 1. The van der Waals surface area contributed by atoms with Gasteiger partial charge in [0, 0.05) is 48.2 Å². The van der Waals surface area contributed by atoms with Crippen molar-refractivity contribution in [1.82, 2.24) is 30.2 Å². The molecule has 0 aliphatic carbocycles. The van der Waals surface area contributed by atoms with Crippen LogP contribution in [0.2, 0.25) is 0 Å². The molecule has 1 aliphatic rings. The lowest BCUT2D eigenvalue weighted by Crippen LogP contribution is -2.72. The first-order valence-electron chi connectivity index (χ1n) is 11.1. The molecule has 170 valence electrons. The van der Waals surface area contributed by atoms with E-state index < -0.39 is 0 Å². The maximum Gasteiger partial charge on any atom is 0.331 e. The highest BCUT2D eigenvalue weighted by Crippen LogP contribution is 2.28. The normalized spacial score (nSPS) is 15.8. The molecule has 1 aliphatic heterocycles. The molecule has 1 saturated heterocycles. The molecular weight excluding hydrogens is 430 g/mol. The van der Waals surface area contributed by atoms with Gasteiger partial charge in [-0.25, -0.2) is 5.32 Å². The first kappa shape index (κ1) is 21.6. The van der Waals surface area contributed by atoms with Gasteiger partial charge < -0.3 is 10.0 Å². The zero-order chi connectivity index (χ0) is 23.5. The summed E-state index contributed by atoms with van der Waals surface area (Å²) in [4.78, 5) is 12.7. The summed E-state index contributed by atoms with van der Waals surface area (Å²) in [5, 5.41) is 33.6. The summed E-state index contributed by atoms with van der Waals surface area (Å²) in [7, 11) is 1.73. The van der Waals surface area contributed by atoms with Crippen LogP contribution in [0.4, 0.5) is 17.3 Å². The molecule has 1 unspecified atom stereocenters. The summed E-state index contributed by atoms with van der Waals surface area (Å²) in [6.07, 6.45) is 3.10. The van der Waals surface area contributed by atoms with Gasteiger partial charge in [-0.05, 0) is 54.5 Å². The minimum Gasteiger partial charge on any atom is -0.391 e. The molecule has 1 atom stereocenters. The van der Waals surface area contributed by atoms with Gasteiger partial charge in [0.05, 0.1) is 30.5 Å². The summed E-state index contributed by atoms with van der Waals surface area (Å²) in [5.41, 5.74) is 4.88. The molecule has 0 saturated carbocycles. The van der Waals surface area contributed by atoms with Gasteiger partial charge in [0.2, 0.25) is 5.82 Å². The monoisotopic (exact) mass is 454 g/mol. The molecule has 0 bridgehead atoms. The van der Waals surface area contributed by atoms with Crippen LogP contribution in [-0.4, -0.2) is 54.5 Å². The van der Waals surface area contributed by atoms with E-state index in [1.165, 1.54) is 4.80 Å². The number of nitrogens with zero attached hydrogens (tertiary/aromatic N) is 8. The summed E-state index contributed by atoms with van der Waals surface area (Å²) in [6, 6.07) is 17.6. The van der Waals surface area contributed by atoms with E-state index in [4.69, 9.17) is 4.98 Å². The number of quaternary nitrogens is 1. The number of aliphatic hydroxyl groups is 1. The quantitative estimate of drug-likeness (QED) is 0.435. The number of aryl methyl sites for hydroxylation is 1. The van der Waals surface area contributed by atoms with Crippen LogP contribution in [0.3, 0.4) is 0 Å². The molecule has 2 aromatic heterocycles. The van der Waals surface area contributed by atoms with Crippen molar-refractivity contribution in [3.05, 3.63) is 60.3 Å². The Morgan fingerprint density at radius 3 is 2.71 bits per heavy atom. The van der Waals surface area contributed by atoms with Crippen LogP contribution in [0.5, 0.6) is 0 Å². The number of rotatable bonds is 5. The molecule has 4 aromatic rings. The average molecular weight is 455 g/mol. The average Bonchev–Trinajstić information content (AvgIpc) is 3.30. The van der Waals surface area contributed by atoms with Gasteiger partial charge in [-0.15, -0.1) is 10.2 Å². The lowest BCUT2D eigenvalue weighted by molar-refractivity contribution is -0.487. The Bertz CT molecular complexity index is 1340. The lowest BCUT2D eigenvalue weighted by atomic mass is 10.0. The molecule has 34 heavy (non-hydrogen) atoms. The molecule has 10 nitrogen and oxygen atoms in total. The molecule has 3 N–H and O–H groups in total. The molecule has 3 heterocycles. The highest BCUT2D eigenvalue weighted by atomic mass is 16.3. The molecule has 10 heteroatoms. The Morgan fingerprint density at radius 1 is 1.12 bits per heavy atom. The van der Waals surface area contributed by atoms with E-state index >= 15 is 0 Å². The van der Waals surface area contributed by atoms with Crippen LogP contribution in [0, 0.1) is 11.3 Å². The third-order valence-corrected chi connectivity index (χ3v) is 5.75. The Labute approximate surface area is 196 Å². The SMILES string of the molecule is Cn1nnc(-c2ccc([NH2+]c3nccc(-c4cc(C#N)cc(N5CCCC(O)C5)c4)n3)cc2)n1. The summed E-state index contributed by atoms with van der Waals surface area (Å²) in [6.45, 7) is 1.42. The van der Waals surface area contributed by atoms with Crippen molar-refractivity contribution in [1.29, 1.82) is 5.26 Å². The van der Waals surface area contributed by atoms with Gasteiger partial charge in [-0.2, -0.15) is 20.0 Å². The van der Waals surface area contributed by atoms with Crippen LogP contribution in [0.25, 0.3) is 22.6 Å². The van der Waals surface area contributed by atoms with E-state index in [0.717, 1.165) is 47.6 Å². The van der Waals surface area contributed by atoms with Gasteiger partial charge in [-0.1, -0.05) is 0 Å². The minimum absolute atomic E-state index is 0.348. The smallest absolute Gasteiger partial charge is 0.331 e. The number of hydrogen-bond donors (Lipinski definition) is 2. The van der Waals surface area contributed by atoms with Crippen LogP contribution in [0.15, 0.2) is 54.7 Å². The van der Waals surface area contributed by atoms with E-state index in [2.05, 4.69) is 31.4 Å². The molecule has 2 aromatic carbocycles. The van der Waals surface area contributed by atoms with Gasteiger partial charge in [0.15, 0.2) is 0 Å². The van der Waals surface area contributed by atoms with Crippen molar-refractivity contribution in [3.8, 4) is 28.7 Å². The van der Waals surface area contributed by atoms with Crippen LogP contribution >= 0.6 is 0 Å². The van der Waals surface area contributed by atoms with Crippen molar-refractivity contribution in [3.63, 3.8) is 0 Å². The van der Waals surface area contributed by atoms with E-state index in [1.807, 2.05) is 53.8 Å². The number of nitrogens with two attached hydrogens (primary N) is 1. The molecular formula is C24H24N9O+. The zero-order valence-electron chi connectivity index (χ0n) is 18.7. The summed E-state index contributed by atoms with van der Waals surface area (Å²) >= 11 is 0. The maximum absolute atomic E-state index is 10.1. The third kappa shape index (κ3) is 4.76. The van der Waals surface area contributed by atoms with Crippen molar-refractivity contribution < 1.29 is 10.4 Å².